The average molecular weight is 235 g/mol. The lowest BCUT2D eigenvalue weighted by Crippen LogP contribution is -2.35. The molecule has 0 aromatic heterocycles. The lowest BCUT2D eigenvalue weighted by molar-refractivity contribution is 0.302. The summed E-state index contributed by atoms with van der Waals surface area (Å²) in [7, 11) is 4.03. The summed E-state index contributed by atoms with van der Waals surface area (Å²) in [6.45, 7) is 3.51. The molecule has 0 aliphatic rings. The maximum atomic E-state index is 13.1. The van der Waals surface area contributed by atoms with Crippen LogP contribution >= 0.6 is 0 Å². The minimum Gasteiger partial charge on any atom is -0.311 e. The van der Waals surface area contributed by atoms with Gasteiger partial charge in [-0.2, -0.15) is 5.26 Å². The maximum absolute atomic E-state index is 13.1. The van der Waals surface area contributed by atoms with Crippen LogP contribution in [0.2, 0.25) is 0 Å². The number of hydrogen-bond acceptors (Lipinski definition) is 3. The molecule has 92 valence electrons. The Hall–Kier alpha value is -1.44. The van der Waals surface area contributed by atoms with Crippen LogP contribution in [0.3, 0.4) is 0 Å². The molecule has 0 saturated carbocycles. The van der Waals surface area contributed by atoms with Crippen LogP contribution < -0.4 is 5.32 Å². The van der Waals surface area contributed by atoms with Crippen molar-refractivity contribution >= 4 is 0 Å². The number of likely N-dealkylation sites (N-methyl/N-ethyl adjacent to an activating group) is 1. The molecule has 1 atom stereocenters. The molecule has 0 heterocycles. The van der Waals surface area contributed by atoms with Gasteiger partial charge in [-0.1, -0.05) is 0 Å². The molecule has 17 heavy (non-hydrogen) atoms. The lowest BCUT2D eigenvalue weighted by Gasteiger charge is -2.20. The molecule has 0 fully saturated rings. The van der Waals surface area contributed by atoms with Crippen LogP contribution in [0.15, 0.2) is 18.2 Å². The van der Waals surface area contributed by atoms with Crippen molar-refractivity contribution < 1.29 is 4.39 Å². The number of rotatable bonds is 5. The molecule has 1 N–H and O–H groups in total. The smallest absolute Gasteiger partial charge is 0.124 e. The molecule has 0 spiro atoms. The highest BCUT2D eigenvalue weighted by molar-refractivity contribution is 5.33. The van der Waals surface area contributed by atoms with Gasteiger partial charge in [0.25, 0.3) is 0 Å². The Kier molecular flexibility index (Phi) is 5.08. The van der Waals surface area contributed by atoms with Crippen molar-refractivity contribution in [2.24, 2.45) is 0 Å². The van der Waals surface area contributed by atoms with Crippen molar-refractivity contribution in [3.05, 3.63) is 35.1 Å². The second kappa shape index (κ2) is 6.33. The fraction of sp³-hybridized carbons (Fsp3) is 0.462. The van der Waals surface area contributed by atoms with E-state index in [1.54, 1.807) is 6.07 Å². The van der Waals surface area contributed by atoms with E-state index < -0.39 is 0 Å². The minimum absolute atomic E-state index is 0.360. The Morgan fingerprint density at radius 3 is 2.71 bits per heavy atom. The SMILES string of the molecule is CC(CNCc1cc(F)cc(C#N)c1)N(C)C. The zero-order chi connectivity index (χ0) is 12.8. The van der Waals surface area contributed by atoms with Crippen molar-refractivity contribution in [1.29, 1.82) is 5.26 Å². The Morgan fingerprint density at radius 1 is 1.41 bits per heavy atom. The normalized spacial score (nSPS) is 12.5. The Morgan fingerprint density at radius 2 is 2.12 bits per heavy atom. The number of benzene rings is 1. The largest absolute Gasteiger partial charge is 0.311 e. The first-order valence-electron chi connectivity index (χ1n) is 5.59. The van der Waals surface area contributed by atoms with Gasteiger partial charge in [0.2, 0.25) is 0 Å². The second-order valence-corrected chi connectivity index (χ2v) is 4.40. The van der Waals surface area contributed by atoms with E-state index >= 15 is 0 Å². The molecule has 0 saturated heterocycles. The minimum atomic E-state index is -0.360. The highest BCUT2D eigenvalue weighted by atomic mass is 19.1. The summed E-state index contributed by atoms with van der Waals surface area (Å²) >= 11 is 0. The van der Waals surface area contributed by atoms with E-state index in [-0.39, 0.29) is 5.82 Å². The predicted molar refractivity (Wildman–Crippen MR) is 66.0 cm³/mol. The molecule has 0 aliphatic heterocycles. The number of hydrogen-bond donors (Lipinski definition) is 1. The molecule has 1 aromatic rings. The third-order valence-electron chi connectivity index (χ3n) is 2.74. The van der Waals surface area contributed by atoms with E-state index in [1.165, 1.54) is 12.1 Å². The van der Waals surface area contributed by atoms with Gasteiger partial charge in [0.1, 0.15) is 5.82 Å². The third kappa shape index (κ3) is 4.51. The summed E-state index contributed by atoms with van der Waals surface area (Å²) in [6.07, 6.45) is 0. The monoisotopic (exact) mass is 235 g/mol. The van der Waals surface area contributed by atoms with Crippen molar-refractivity contribution in [2.75, 3.05) is 20.6 Å². The van der Waals surface area contributed by atoms with E-state index in [0.29, 0.717) is 18.2 Å². The van der Waals surface area contributed by atoms with Gasteiger partial charge < -0.3 is 10.2 Å². The fourth-order valence-electron chi connectivity index (χ4n) is 1.42. The molecule has 0 amide bonds. The van der Waals surface area contributed by atoms with Gasteiger partial charge in [-0.25, -0.2) is 4.39 Å². The van der Waals surface area contributed by atoms with E-state index in [2.05, 4.69) is 17.1 Å². The maximum Gasteiger partial charge on any atom is 0.124 e. The topological polar surface area (TPSA) is 39.1 Å². The predicted octanol–water partition coefficient (Wildman–Crippen LogP) is 1.74. The van der Waals surface area contributed by atoms with Crippen LogP contribution in [0.4, 0.5) is 4.39 Å². The van der Waals surface area contributed by atoms with Gasteiger partial charge in [-0.3, -0.25) is 0 Å². The van der Waals surface area contributed by atoms with Gasteiger partial charge in [0, 0.05) is 19.1 Å². The van der Waals surface area contributed by atoms with E-state index in [1.807, 2.05) is 20.2 Å². The molecular formula is C13H18FN3. The standard InChI is InChI=1S/C13H18FN3/c1-10(17(2)3)8-16-9-12-4-11(7-15)5-13(14)6-12/h4-6,10,16H,8-9H2,1-3H3. The number of nitriles is 1. The molecule has 0 aliphatic carbocycles. The molecule has 1 unspecified atom stereocenters. The van der Waals surface area contributed by atoms with Crippen LogP contribution in [0, 0.1) is 17.1 Å². The van der Waals surface area contributed by atoms with Crippen LogP contribution in [-0.4, -0.2) is 31.6 Å². The molecular weight excluding hydrogens is 217 g/mol. The summed E-state index contributed by atoms with van der Waals surface area (Å²) < 4.78 is 13.1. The molecule has 0 radical (unpaired) electrons. The van der Waals surface area contributed by atoms with Crippen molar-refractivity contribution in [3.8, 4) is 6.07 Å². The Labute approximate surface area is 102 Å². The van der Waals surface area contributed by atoms with Gasteiger partial charge in [0.05, 0.1) is 11.6 Å². The summed E-state index contributed by atoms with van der Waals surface area (Å²) in [5.41, 5.74) is 1.16. The van der Waals surface area contributed by atoms with Crippen LogP contribution in [-0.2, 0) is 6.54 Å². The number of nitrogens with zero attached hydrogens (tertiary/aromatic N) is 2. The summed E-state index contributed by atoms with van der Waals surface area (Å²) in [5.74, 6) is -0.360. The molecule has 1 aromatic carbocycles. The average Bonchev–Trinajstić information content (AvgIpc) is 2.27. The number of halogens is 1. The summed E-state index contributed by atoms with van der Waals surface area (Å²) in [5, 5.41) is 12.0. The molecule has 0 bridgehead atoms. The van der Waals surface area contributed by atoms with Crippen molar-refractivity contribution in [3.63, 3.8) is 0 Å². The van der Waals surface area contributed by atoms with Crippen molar-refractivity contribution in [2.45, 2.75) is 19.5 Å². The highest BCUT2D eigenvalue weighted by Gasteiger charge is 2.04. The first-order valence-corrected chi connectivity index (χ1v) is 5.59. The first kappa shape index (κ1) is 13.6. The Bertz CT molecular complexity index is 410. The molecule has 1 rings (SSSR count). The van der Waals surface area contributed by atoms with Crippen LogP contribution in [0.5, 0.6) is 0 Å². The lowest BCUT2D eigenvalue weighted by atomic mass is 10.1. The van der Waals surface area contributed by atoms with E-state index in [9.17, 15) is 4.39 Å². The third-order valence-corrected chi connectivity index (χ3v) is 2.74. The van der Waals surface area contributed by atoms with Crippen LogP contribution in [0.1, 0.15) is 18.1 Å². The fourth-order valence-corrected chi connectivity index (χ4v) is 1.42. The van der Waals surface area contributed by atoms with Gasteiger partial charge >= 0.3 is 0 Å². The number of nitrogens with one attached hydrogen (secondary N) is 1. The second-order valence-electron chi connectivity index (χ2n) is 4.40. The summed E-state index contributed by atoms with van der Waals surface area (Å²) in [4.78, 5) is 2.11. The van der Waals surface area contributed by atoms with E-state index in [4.69, 9.17) is 5.26 Å². The van der Waals surface area contributed by atoms with Gasteiger partial charge in [-0.05, 0) is 44.8 Å². The zero-order valence-corrected chi connectivity index (χ0v) is 10.5. The highest BCUT2D eigenvalue weighted by Crippen LogP contribution is 2.08. The molecule has 3 nitrogen and oxygen atoms in total. The Balaban J connectivity index is 2.52. The zero-order valence-electron chi connectivity index (χ0n) is 10.5. The quantitative estimate of drug-likeness (QED) is 0.845. The van der Waals surface area contributed by atoms with Crippen LogP contribution in [0.25, 0.3) is 0 Å². The first-order chi connectivity index (χ1) is 8.02. The van der Waals surface area contributed by atoms with E-state index in [0.717, 1.165) is 12.1 Å². The molecule has 4 heteroatoms. The van der Waals surface area contributed by atoms with Gasteiger partial charge in [-0.15, -0.1) is 0 Å². The van der Waals surface area contributed by atoms with Crippen molar-refractivity contribution in [1.82, 2.24) is 10.2 Å². The summed E-state index contributed by atoms with van der Waals surface area (Å²) in [6, 6.07) is 6.76. The van der Waals surface area contributed by atoms with Gasteiger partial charge in [0.15, 0.2) is 0 Å².